The first kappa shape index (κ1) is 12.8. The van der Waals surface area contributed by atoms with Gasteiger partial charge < -0.3 is 5.23 Å². The van der Waals surface area contributed by atoms with Crippen LogP contribution < -0.4 is 9.95 Å². The molecule has 2 rings (SSSR count). The lowest BCUT2D eigenvalue weighted by Crippen LogP contribution is -2.26. The van der Waals surface area contributed by atoms with Gasteiger partial charge in [-0.15, -0.1) is 0 Å². The topological polar surface area (TPSA) is 84.0 Å². The summed E-state index contributed by atoms with van der Waals surface area (Å²) in [7, 11) is 1.44. The maximum Gasteiger partial charge on any atom is 0.246 e. The number of anilines is 1. The number of hydrogen-bond acceptors (Lipinski definition) is 5. The van der Waals surface area contributed by atoms with Crippen LogP contribution in [0, 0.1) is 6.92 Å². The van der Waals surface area contributed by atoms with E-state index in [2.05, 4.69) is 19.9 Å². The first-order chi connectivity index (χ1) is 8.52. The fourth-order valence-corrected chi connectivity index (χ4v) is 2.31. The van der Waals surface area contributed by atoms with E-state index in [0.717, 1.165) is 0 Å². The van der Waals surface area contributed by atoms with E-state index >= 15 is 0 Å². The van der Waals surface area contributed by atoms with Gasteiger partial charge in [-0.2, -0.15) is 0 Å². The Bertz CT molecular complexity index is 675. The van der Waals surface area contributed by atoms with Crippen molar-refractivity contribution in [1.82, 2.24) is 15.2 Å². The van der Waals surface area contributed by atoms with Crippen LogP contribution in [0.3, 0.4) is 0 Å². The van der Waals surface area contributed by atoms with E-state index in [9.17, 15) is 8.42 Å². The van der Waals surface area contributed by atoms with Gasteiger partial charge in [0.05, 0.1) is 5.52 Å². The molecule has 0 unspecified atom stereocenters. The second-order valence-corrected chi connectivity index (χ2v) is 5.42. The summed E-state index contributed by atoms with van der Waals surface area (Å²) in [6, 6.07) is 7.17. The summed E-state index contributed by atoms with van der Waals surface area (Å²) in [5.74, 6) is 0.366. The molecule has 0 aliphatic rings. The van der Waals surface area contributed by atoms with E-state index in [-0.39, 0.29) is 11.7 Å². The highest BCUT2D eigenvalue weighted by Gasteiger charge is 2.13. The molecule has 1 heterocycles. The third-order valence-corrected chi connectivity index (χ3v) is 3.29. The molecular formula is C10H11BN4O2S. The zero-order valence-electron chi connectivity index (χ0n) is 9.71. The predicted molar refractivity (Wildman–Crippen MR) is 70.6 cm³/mol. The predicted octanol–water partition coefficient (Wildman–Crippen LogP) is 0.311. The van der Waals surface area contributed by atoms with Crippen LogP contribution in [0.15, 0.2) is 24.3 Å². The van der Waals surface area contributed by atoms with E-state index < -0.39 is 10.0 Å². The van der Waals surface area contributed by atoms with E-state index in [1.165, 1.54) is 0 Å². The Morgan fingerprint density at radius 1 is 1.28 bits per heavy atom. The summed E-state index contributed by atoms with van der Waals surface area (Å²) in [5, 5.41) is 2.74. The zero-order valence-corrected chi connectivity index (χ0v) is 10.5. The van der Waals surface area contributed by atoms with Crippen LogP contribution in [0.2, 0.25) is 0 Å². The number of aromatic nitrogens is 2. The molecule has 0 amide bonds. The van der Waals surface area contributed by atoms with Gasteiger partial charge in [0.15, 0.2) is 13.8 Å². The molecule has 0 spiro atoms. The van der Waals surface area contributed by atoms with Crippen molar-refractivity contribution in [3.8, 4) is 0 Å². The van der Waals surface area contributed by atoms with Gasteiger partial charge in [-0.1, -0.05) is 12.1 Å². The average Bonchev–Trinajstić information content (AvgIpc) is 2.28. The second kappa shape index (κ2) is 4.91. The molecule has 2 aromatic rings. The zero-order chi connectivity index (χ0) is 13.2. The van der Waals surface area contributed by atoms with Gasteiger partial charge in [0, 0.05) is 5.39 Å². The highest BCUT2D eigenvalue weighted by atomic mass is 32.2. The van der Waals surface area contributed by atoms with Gasteiger partial charge in [0.1, 0.15) is 11.7 Å². The minimum absolute atomic E-state index is 0.258. The maximum atomic E-state index is 11.6. The SMILES string of the molecule is [B]NCS(=O)(=O)Nc1nc(C)nc2ccccc12. The molecule has 2 radical (unpaired) electrons. The normalized spacial score (nSPS) is 11.6. The Morgan fingerprint density at radius 2 is 2.00 bits per heavy atom. The van der Waals surface area contributed by atoms with Crippen molar-refractivity contribution in [2.24, 2.45) is 0 Å². The van der Waals surface area contributed by atoms with E-state index in [1.54, 1.807) is 25.1 Å². The molecule has 0 fully saturated rings. The lowest BCUT2D eigenvalue weighted by atomic mass is 10.2. The van der Waals surface area contributed by atoms with Crippen LogP contribution in [0.1, 0.15) is 5.82 Å². The van der Waals surface area contributed by atoms with Crippen molar-refractivity contribution in [3.05, 3.63) is 30.1 Å². The molecule has 1 aromatic carbocycles. The molecule has 1 aromatic heterocycles. The summed E-state index contributed by atoms with van der Waals surface area (Å²) in [6.07, 6.45) is 0. The van der Waals surface area contributed by atoms with Crippen LogP contribution in [-0.2, 0) is 10.0 Å². The van der Waals surface area contributed by atoms with Gasteiger partial charge in [-0.3, -0.25) is 4.72 Å². The Hall–Kier alpha value is -1.67. The molecule has 0 aliphatic heterocycles. The average molecular weight is 262 g/mol. The third-order valence-electron chi connectivity index (χ3n) is 2.24. The van der Waals surface area contributed by atoms with Crippen LogP contribution in [0.25, 0.3) is 10.9 Å². The largest absolute Gasteiger partial charge is 0.352 e. The molecule has 0 aliphatic carbocycles. The molecule has 8 heteroatoms. The summed E-state index contributed by atoms with van der Waals surface area (Å²) in [6.45, 7) is 1.70. The summed E-state index contributed by atoms with van der Waals surface area (Å²) in [5.41, 5.74) is 0.684. The first-order valence-electron chi connectivity index (χ1n) is 5.19. The monoisotopic (exact) mass is 262 g/mol. The Balaban J connectivity index is 2.51. The number of hydrogen-bond donors (Lipinski definition) is 2. The van der Waals surface area contributed by atoms with Crippen molar-refractivity contribution < 1.29 is 8.42 Å². The van der Waals surface area contributed by atoms with Crippen LogP contribution in [0.4, 0.5) is 5.82 Å². The third kappa shape index (κ3) is 2.77. The van der Waals surface area contributed by atoms with Crippen molar-refractivity contribution in [2.45, 2.75) is 6.92 Å². The highest BCUT2D eigenvalue weighted by Crippen LogP contribution is 2.20. The minimum atomic E-state index is -3.57. The van der Waals surface area contributed by atoms with Gasteiger partial charge in [-0.05, 0) is 19.1 Å². The van der Waals surface area contributed by atoms with Gasteiger partial charge in [0.25, 0.3) is 0 Å². The lowest BCUT2D eigenvalue weighted by molar-refractivity contribution is 0.599. The fourth-order valence-electron chi connectivity index (χ4n) is 1.56. The Labute approximate surface area is 106 Å². The molecule has 0 saturated heterocycles. The molecule has 18 heavy (non-hydrogen) atoms. The number of benzene rings is 1. The van der Waals surface area contributed by atoms with Gasteiger partial charge >= 0.3 is 0 Å². The second-order valence-electron chi connectivity index (χ2n) is 3.70. The van der Waals surface area contributed by atoms with Crippen LogP contribution in [-0.4, -0.2) is 32.2 Å². The Kier molecular flexibility index (Phi) is 3.49. The first-order valence-corrected chi connectivity index (χ1v) is 6.84. The molecule has 0 bridgehead atoms. The number of rotatable bonds is 4. The van der Waals surface area contributed by atoms with E-state index in [1.807, 2.05) is 6.07 Å². The van der Waals surface area contributed by atoms with Crippen molar-refractivity contribution in [2.75, 3.05) is 10.6 Å². The lowest BCUT2D eigenvalue weighted by Gasteiger charge is -2.09. The van der Waals surface area contributed by atoms with Crippen molar-refractivity contribution in [1.29, 1.82) is 0 Å². The molecular weight excluding hydrogens is 251 g/mol. The minimum Gasteiger partial charge on any atom is -0.352 e. The quantitative estimate of drug-likeness (QED) is 0.775. The van der Waals surface area contributed by atoms with Crippen LogP contribution >= 0.6 is 0 Å². The molecule has 0 atom stereocenters. The summed E-state index contributed by atoms with van der Waals surface area (Å²) < 4.78 is 25.7. The number of fused-ring (bicyclic) bond motifs is 1. The number of sulfonamides is 1. The summed E-state index contributed by atoms with van der Waals surface area (Å²) >= 11 is 0. The van der Waals surface area contributed by atoms with Crippen molar-refractivity contribution in [3.63, 3.8) is 0 Å². The van der Waals surface area contributed by atoms with E-state index in [4.69, 9.17) is 7.98 Å². The number of nitrogens with one attached hydrogen (secondary N) is 2. The molecule has 6 nitrogen and oxygen atoms in total. The number of para-hydroxylation sites is 1. The van der Waals surface area contributed by atoms with Crippen molar-refractivity contribution >= 4 is 34.7 Å². The molecule has 92 valence electrons. The maximum absolute atomic E-state index is 11.6. The highest BCUT2D eigenvalue weighted by molar-refractivity contribution is 7.92. The van der Waals surface area contributed by atoms with Gasteiger partial charge in [-0.25, -0.2) is 18.4 Å². The number of aryl methyl sites for hydroxylation is 1. The van der Waals surface area contributed by atoms with E-state index in [0.29, 0.717) is 16.7 Å². The Morgan fingerprint density at radius 3 is 2.72 bits per heavy atom. The number of nitrogens with zero attached hydrogens (tertiary/aromatic N) is 2. The summed E-state index contributed by atoms with van der Waals surface area (Å²) in [4.78, 5) is 8.32. The smallest absolute Gasteiger partial charge is 0.246 e. The molecule has 0 saturated carbocycles. The fraction of sp³-hybridized carbons (Fsp3) is 0.200. The standard InChI is InChI=1S/C10H11BN4O2S/c1-7-13-9-5-3-2-4-8(9)10(14-7)15-18(16,17)6-12-11/h2-5,12H,6H2,1H3,(H,13,14,15). The van der Waals surface area contributed by atoms with Gasteiger partial charge in [0.2, 0.25) is 10.0 Å². The molecule has 2 N–H and O–H groups in total. The van der Waals surface area contributed by atoms with Crippen LogP contribution in [0.5, 0.6) is 0 Å².